The van der Waals surface area contributed by atoms with Gasteiger partial charge < -0.3 is 19.3 Å². The molecule has 0 bridgehead atoms. The number of methoxy groups -OCH3 is 2. The van der Waals surface area contributed by atoms with Gasteiger partial charge in [-0.05, 0) is 78.7 Å². The number of fused-ring (bicyclic) bond motifs is 1. The quantitative estimate of drug-likeness (QED) is 0.314. The number of carboxylic acid groups (broad SMARTS) is 1. The van der Waals surface area contributed by atoms with Crippen LogP contribution in [0.3, 0.4) is 0 Å². The van der Waals surface area contributed by atoms with Crippen molar-refractivity contribution in [3.63, 3.8) is 0 Å². The van der Waals surface area contributed by atoms with Crippen molar-refractivity contribution < 1.29 is 24.1 Å². The molecule has 0 spiro atoms. The Morgan fingerprint density at radius 3 is 2.12 bits per heavy atom. The molecule has 4 aromatic rings. The summed E-state index contributed by atoms with van der Waals surface area (Å²) in [5.74, 6) is 2.08. The van der Waals surface area contributed by atoms with Crippen LogP contribution < -0.4 is 14.2 Å². The average Bonchev–Trinajstić information content (AvgIpc) is 3.17. The number of ether oxygens (including phenoxy) is 3. The van der Waals surface area contributed by atoms with Crippen LogP contribution in [0.25, 0.3) is 26.6 Å². The molecule has 0 radical (unpaired) electrons. The molecule has 3 aromatic carbocycles. The topological polar surface area (TPSA) is 65.0 Å². The molecule has 0 amide bonds. The average molecular weight is 447 g/mol. The third-order valence-corrected chi connectivity index (χ3v) is 6.21. The fraction of sp³-hybridized carbons (Fsp3) is 0.115. The molecule has 0 saturated carbocycles. The second kappa shape index (κ2) is 9.16. The van der Waals surface area contributed by atoms with E-state index in [-0.39, 0.29) is 5.57 Å². The van der Waals surface area contributed by atoms with Gasteiger partial charge in [-0.2, -0.15) is 0 Å². The molecule has 5 nitrogen and oxygen atoms in total. The molecule has 0 aliphatic carbocycles. The minimum absolute atomic E-state index is 0.276. The third kappa shape index (κ3) is 4.45. The summed E-state index contributed by atoms with van der Waals surface area (Å²) in [5, 5.41) is 10.1. The highest BCUT2D eigenvalue weighted by Crippen LogP contribution is 2.47. The highest BCUT2D eigenvalue weighted by molar-refractivity contribution is 7.22. The van der Waals surface area contributed by atoms with Crippen LogP contribution in [0.5, 0.6) is 23.0 Å². The van der Waals surface area contributed by atoms with E-state index < -0.39 is 5.97 Å². The fourth-order valence-corrected chi connectivity index (χ4v) is 4.44. The Hall–Kier alpha value is -3.77. The molecule has 0 aliphatic rings. The maximum atomic E-state index is 11.1. The summed E-state index contributed by atoms with van der Waals surface area (Å²) in [5.41, 5.74) is 2.10. The van der Waals surface area contributed by atoms with E-state index in [2.05, 4.69) is 0 Å². The van der Waals surface area contributed by atoms with Gasteiger partial charge in [0.25, 0.3) is 0 Å². The van der Waals surface area contributed by atoms with E-state index in [1.165, 1.54) is 0 Å². The predicted octanol–water partition coefficient (Wildman–Crippen LogP) is 6.87. The Morgan fingerprint density at radius 2 is 1.50 bits per heavy atom. The third-order valence-electron chi connectivity index (χ3n) is 5.02. The summed E-state index contributed by atoms with van der Waals surface area (Å²) >= 11 is 1.63. The zero-order valence-electron chi connectivity index (χ0n) is 17.9. The summed E-state index contributed by atoms with van der Waals surface area (Å²) in [6, 6.07) is 21.2. The first-order valence-electron chi connectivity index (χ1n) is 9.93. The van der Waals surface area contributed by atoms with E-state index >= 15 is 0 Å². The molecule has 0 atom stereocenters. The summed E-state index contributed by atoms with van der Waals surface area (Å²) in [4.78, 5) is 12.1. The minimum atomic E-state index is -0.936. The first-order valence-corrected chi connectivity index (χ1v) is 10.7. The predicted molar refractivity (Wildman–Crippen MR) is 128 cm³/mol. The molecule has 0 aliphatic heterocycles. The summed E-state index contributed by atoms with van der Waals surface area (Å²) in [6.07, 6.45) is 1.63. The maximum absolute atomic E-state index is 11.1. The smallest absolute Gasteiger partial charge is 0.331 e. The Bertz CT molecular complexity index is 1280. The Balaban J connectivity index is 1.74. The monoisotopic (exact) mass is 446 g/mol. The number of aliphatic carboxylic acids is 1. The van der Waals surface area contributed by atoms with E-state index in [0.717, 1.165) is 43.3 Å². The molecule has 1 heterocycles. The van der Waals surface area contributed by atoms with Crippen LogP contribution in [0.15, 0.2) is 72.3 Å². The van der Waals surface area contributed by atoms with Gasteiger partial charge in [-0.3, -0.25) is 0 Å². The van der Waals surface area contributed by atoms with E-state index in [0.29, 0.717) is 5.75 Å². The Kier molecular flexibility index (Phi) is 6.14. The molecule has 0 fully saturated rings. The normalized spacial score (nSPS) is 11.4. The van der Waals surface area contributed by atoms with Gasteiger partial charge in [-0.1, -0.05) is 12.1 Å². The van der Waals surface area contributed by atoms with Crippen molar-refractivity contribution in [3.05, 3.63) is 77.9 Å². The van der Waals surface area contributed by atoms with E-state index in [4.69, 9.17) is 19.3 Å². The minimum Gasteiger partial charge on any atom is -0.497 e. The lowest BCUT2D eigenvalue weighted by Gasteiger charge is -2.09. The molecular weight excluding hydrogens is 424 g/mol. The van der Waals surface area contributed by atoms with Crippen LogP contribution >= 0.6 is 11.3 Å². The van der Waals surface area contributed by atoms with Crippen LogP contribution in [-0.2, 0) is 4.79 Å². The van der Waals surface area contributed by atoms with Gasteiger partial charge >= 0.3 is 5.97 Å². The summed E-state index contributed by atoms with van der Waals surface area (Å²) < 4.78 is 18.1. The molecule has 162 valence electrons. The molecule has 1 aromatic heterocycles. The van der Waals surface area contributed by atoms with Gasteiger partial charge in [0.2, 0.25) is 0 Å². The lowest BCUT2D eigenvalue weighted by molar-refractivity contribution is -0.132. The zero-order valence-corrected chi connectivity index (χ0v) is 18.7. The van der Waals surface area contributed by atoms with Crippen LogP contribution in [0, 0.1) is 0 Å². The zero-order chi connectivity index (χ0) is 22.7. The van der Waals surface area contributed by atoms with E-state index in [1.54, 1.807) is 38.6 Å². The first-order chi connectivity index (χ1) is 15.5. The number of carboxylic acids is 1. The first kappa shape index (κ1) is 21.5. The number of benzene rings is 3. The van der Waals surface area contributed by atoms with Crippen molar-refractivity contribution in [2.24, 2.45) is 0 Å². The van der Waals surface area contributed by atoms with Gasteiger partial charge in [-0.15, -0.1) is 11.3 Å². The Labute approximate surface area is 190 Å². The molecule has 0 unspecified atom stereocenters. The van der Waals surface area contributed by atoms with Crippen LogP contribution in [0.2, 0.25) is 0 Å². The van der Waals surface area contributed by atoms with Gasteiger partial charge in [0.15, 0.2) is 5.75 Å². The second-order valence-corrected chi connectivity index (χ2v) is 8.21. The number of hydrogen-bond acceptors (Lipinski definition) is 5. The molecule has 6 heteroatoms. The lowest BCUT2D eigenvalue weighted by atomic mass is 10.1. The van der Waals surface area contributed by atoms with Crippen molar-refractivity contribution >= 4 is 33.5 Å². The summed E-state index contributed by atoms with van der Waals surface area (Å²) in [6.45, 7) is 1.57. The molecule has 32 heavy (non-hydrogen) atoms. The standard InChI is InChI=1S/C26H22O5S/c1-16(26(27)28)14-17-4-8-20(9-5-17)31-24-22-13-12-21(30-3)15-23(22)32-25(24)18-6-10-19(29-2)11-7-18/h4-15H,1-3H3,(H,27,28)/b16-14+. The molecule has 1 N–H and O–H groups in total. The van der Waals surface area contributed by atoms with Crippen molar-refractivity contribution in [1.29, 1.82) is 0 Å². The number of hydrogen-bond donors (Lipinski definition) is 1. The van der Waals surface area contributed by atoms with Gasteiger partial charge in [0.1, 0.15) is 17.2 Å². The van der Waals surface area contributed by atoms with Crippen molar-refractivity contribution in [2.75, 3.05) is 14.2 Å². The van der Waals surface area contributed by atoms with E-state index in [9.17, 15) is 4.79 Å². The van der Waals surface area contributed by atoms with Crippen molar-refractivity contribution in [1.82, 2.24) is 0 Å². The van der Waals surface area contributed by atoms with Gasteiger partial charge in [0, 0.05) is 15.7 Å². The Morgan fingerprint density at radius 1 is 0.875 bits per heavy atom. The van der Waals surface area contributed by atoms with Crippen molar-refractivity contribution in [3.8, 4) is 33.4 Å². The van der Waals surface area contributed by atoms with Gasteiger partial charge in [-0.25, -0.2) is 4.79 Å². The van der Waals surface area contributed by atoms with Crippen LogP contribution in [0.1, 0.15) is 12.5 Å². The fourth-order valence-electron chi connectivity index (χ4n) is 3.28. The highest BCUT2D eigenvalue weighted by atomic mass is 32.1. The maximum Gasteiger partial charge on any atom is 0.331 e. The number of rotatable bonds is 7. The highest BCUT2D eigenvalue weighted by Gasteiger charge is 2.17. The van der Waals surface area contributed by atoms with Crippen LogP contribution in [-0.4, -0.2) is 25.3 Å². The lowest BCUT2D eigenvalue weighted by Crippen LogP contribution is -1.95. The number of thiophene rings is 1. The second-order valence-electron chi connectivity index (χ2n) is 7.15. The number of carbonyl (C=O) groups is 1. The molecule has 4 rings (SSSR count). The largest absolute Gasteiger partial charge is 0.497 e. The van der Waals surface area contributed by atoms with Gasteiger partial charge in [0.05, 0.1) is 19.1 Å². The van der Waals surface area contributed by atoms with Crippen LogP contribution in [0.4, 0.5) is 0 Å². The summed E-state index contributed by atoms with van der Waals surface area (Å²) in [7, 11) is 3.30. The molecular formula is C26H22O5S. The van der Waals surface area contributed by atoms with Crippen molar-refractivity contribution in [2.45, 2.75) is 6.92 Å². The molecule has 0 saturated heterocycles. The van der Waals surface area contributed by atoms with E-state index in [1.807, 2.05) is 66.7 Å². The SMILES string of the molecule is COc1ccc(-c2sc3cc(OC)ccc3c2Oc2ccc(/C=C(\C)C(=O)O)cc2)cc1.